The second kappa shape index (κ2) is 7.92. The molecule has 22 heavy (non-hydrogen) atoms. The highest BCUT2D eigenvalue weighted by molar-refractivity contribution is 7.89. The number of hydrogen-bond donors (Lipinski definition) is 2. The molecule has 1 amide bonds. The maximum atomic E-state index is 12.2. The summed E-state index contributed by atoms with van der Waals surface area (Å²) in [4.78, 5) is 14.2. The number of halogens is 1. The second-order valence-electron chi connectivity index (χ2n) is 5.00. The van der Waals surface area contributed by atoms with Crippen molar-refractivity contribution < 1.29 is 13.2 Å². The zero-order valence-electron chi connectivity index (χ0n) is 12.8. The van der Waals surface area contributed by atoms with Crippen molar-refractivity contribution in [1.29, 1.82) is 0 Å². The Labute approximate surface area is 137 Å². The first kappa shape index (κ1) is 18.9. The number of anilines is 1. The summed E-state index contributed by atoms with van der Waals surface area (Å²) in [6.45, 7) is 1.43. The Hall–Kier alpha value is -1.15. The van der Waals surface area contributed by atoms with Gasteiger partial charge in [-0.2, -0.15) is 0 Å². The fraction of sp³-hybridized carbons (Fsp3) is 0.500. The van der Waals surface area contributed by atoms with Gasteiger partial charge < -0.3 is 10.2 Å². The van der Waals surface area contributed by atoms with E-state index in [0.29, 0.717) is 19.4 Å². The maximum Gasteiger partial charge on any atom is 0.240 e. The molecule has 1 aromatic carbocycles. The van der Waals surface area contributed by atoms with E-state index in [0.717, 1.165) is 24.2 Å². The molecule has 1 aliphatic rings. The van der Waals surface area contributed by atoms with E-state index >= 15 is 0 Å². The van der Waals surface area contributed by atoms with E-state index in [1.165, 1.54) is 7.05 Å². The zero-order valence-corrected chi connectivity index (χ0v) is 14.4. The molecule has 124 valence electrons. The number of carbonyl (C=O) groups is 1. The molecule has 0 aromatic heterocycles. The van der Waals surface area contributed by atoms with Crippen LogP contribution in [-0.2, 0) is 21.2 Å². The minimum absolute atomic E-state index is 0. The van der Waals surface area contributed by atoms with E-state index in [1.807, 2.05) is 7.05 Å². The van der Waals surface area contributed by atoms with E-state index in [9.17, 15) is 13.2 Å². The summed E-state index contributed by atoms with van der Waals surface area (Å²) < 4.78 is 25.9. The van der Waals surface area contributed by atoms with Crippen LogP contribution >= 0.6 is 12.4 Å². The fourth-order valence-corrected chi connectivity index (χ4v) is 3.25. The second-order valence-corrected chi connectivity index (χ2v) is 6.89. The highest BCUT2D eigenvalue weighted by Crippen LogP contribution is 2.30. The Bertz CT molecular complexity index is 634. The third-order valence-corrected chi connectivity index (χ3v) is 5.06. The minimum atomic E-state index is -3.44. The third kappa shape index (κ3) is 3.98. The van der Waals surface area contributed by atoms with Crippen LogP contribution in [0.3, 0.4) is 0 Å². The third-order valence-electron chi connectivity index (χ3n) is 3.64. The number of sulfonamides is 1. The van der Waals surface area contributed by atoms with Crippen LogP contribution in [0.15, 0.2) is 23.1 Å². The Morgan fingerprint density at radius 1 is 1.32 bits per heavy atom. The number of hydrogen-bond acceptors (Lipinski definition) is 4. The van der Waals surface area contributed by atoms with Crippen LogP contribution in [0.4, 0.5) is 5.69 Å². The van der Waals surface area contributed by atoms with Gasteiger partial charge in [-0.15, -0.1) is 12.4 Å². The molecular formula is C14H22ClN3O3S. The SMILES string of the molecule is CNCCCC(=O)N1CCc2cc(S(=O)(=O)NC)ccc21.Cl. The number of benzene rings is 1. The van der Waals surface area contributed by atoms with Crippen LogP contribution < -0.4 is 14.9 Å². The number of nitrogens with one attached hydrogen (secondary N) is 2. The molecule has 0 radical (unpaired) electrons. The van der Waals surface area contributed by atoms with Gasteiger partial charge in [0.25, 0.3) is 0 Å². The van der Waals surface area contributed by atoms with Gasteiger partial charge in [0.05, 0.1) is 4.90 Å². The van der Waals surface area contributed by atoms with Gasteiger partial charge in [0.2, 0.25) is 15.9 Å². The molecule has 0 unspecified atom stereocenters. The first-order valence-corrected chi connectivity index (χ1v) is 8.49. The molecule has 0 bridgehead atoms. The van der Waals surface area contributed by atoms with Crippen LogP contribution in [-0.4, -0.2) is 41.5 Å². The van der Waals surface area contributed by atoms with Crippen molar-refractivity contribution in [2.24, 2.45) is 0 Å². The first-order valence-electron chi connectivity index (χ1n) is 7.01. The Balaban J connectivity index is 0.00000242. The van der Waals surface area contributed by atoms with Crippen molar-refractivity contribution in [3.8, 4) is 0 Å². The van der Waals surface area contributed by atoms with Gasteiger partial charge in [-0.1, -0.05) is 0 Å². The van der Waals surface area contributed by atoms with E-state index in [-0.39, 0.29) is 23.2 Å². The molecule has 1 aromatic rings. The van der Waals surface area contributed by atoms with Crippen molar-refractivity contribution in [3.05, 3.63) is 23.8 Å². The Kier molecular flexibility index (Phi) is 6.80. The summed E-state index contributed by atoms with van der Waals surface area (Å²) in [7, 11) is -0.187. The number of nitrogens with zero attached hydrogens (tertiary/aromatic N) is 1. The van der Waals surface area contributed by atoms with E-state index in [1.54, 1.807) is 23.1 Å². The van der Waals surface area contributed by atoms with Crippen LogP contribution in [0, 0.1) is 0 Å². The number of rotatable bonds is 6. The van der Waals surface area contributed by atoms with Gasteiger partial charge in [0.1, 0.15) is 0 Å². The van der Waals surface area contributed by atoms with Crippen LogP contribution in [0.25, 0.3) is 0 Å². The number of fused-ring (bicyclic) bond motifs is 1. The van der Waals surface area contributed by atoms with Gasteiger partial charge in [0, 0.05) is 18.7 Å². The van der Waals surface area contributed by atoms with Crippen molar-refractivity contribution in [2.75, 3.05) is 32.1 Å². The lowest BCUT2D eigenvalue weighted by Crippen LogP contribution is -2.29. The van der Waals surface area contributed by atoms with Crippen molar-refractivity contribution in [1.82, 2.24) is 10.0 Å². The van der Waals surface area contributed by atoms with Gasteiger partial charge >= 0.3 is 0 Å². The molecule has 0 saturated heterocycles. The fourth-order valence-electron chi connectivity index (χ4n) is 2.47. The molecule has 1 aliphatic heterocycles. The zero-order chi connectivity index (χ0) is 15.5. The average molecular weight is 348 g/mol. The minimum Gasteiger partial charge on any atom is -0.320 e. The molecule has 2 rings (SSSR count). The predicted molar refractivity (Wildman–Crippen MR) is 89.2 cm³/mol. The molecule has 2 N–H and O–H groups in total. The van der Waals surface area contributed by atoms with Gasteiger partial charge in [-0.3, -0.25) is 4.79 Å². The quantitative estimate of drug-likeness (QED) is 0.750. The van der Waals surface area contributed by atoms with E-state index in [4.69, 9.17) is 0 Å². The van der Waals surface area contributed by atoms with Crippen molar-refractivity contribution >= 4 is 34.0 Å². The molecule has 0 fully saturated rings. The highest BCUT2D eigenvalue weighted by Gasteiger charge is 2.25. The van der Waals surface area contributed by atoms with Gasteiger partial charge in [0.15, 0.2) is 0 Å². The monoisotopic (exact) mass is 347 g/mol. The molecule has 6 nitrogen and oxygen atoms in total. The number of amides is 1. The average Bonchev–Trinajstić information content (AvgIpc) is 2.90. The summed E-state index contributed by atoms with van der Waals surface area (Å²) in [6, 6.07) is 4.93. The largest absolute Gasteiger partial charge is 0.320 e. The normalized spacial score (nSPS) is 13.6. The summed E-state index contributed by atoms with van der Waals surface area (Å²) in [5, 5.41) is 3.02. The molecule has 0 aliphatic carbocycles. The summed E-state index contributed by atoms with van der Waals surface area (Å²) in [6.07, 6.45) is 1.99. The predicted octanol–water partition coefficient (Wildman–Crippen LogP) is 0.905. The van der Waals surface area contributed by atoms with Crippen LogP contribution in [0.5, 0.6) is 0 Å². The molecule has 0 atom stereocenters. The number of carbonyl (C=O) groups excluding carboxylic acids is 1. The summed E-state index contributed by atoms with van der Waals surface area (Å²) >= 11 is 0. The van der Waals surface area contributed by atoms with Gasteiger partial charge in [-0.25, -0.2) is 13.1 Å². The van der Waals surface area contributed by atoms with E-state index in [2.05, 4.69) is 10.0 Å². The van der Waals surface area contributed by atoms with Crippen molar-refractivity contribution in [2.45, 2.75) is 24.2 Å². The lowest BCUT2D eigenvalue weighted by atomic mass is 10.2. The van der Waals surface area contributed by atoms with Gasteiger partial charge in [-0.05, 0) is 57.2 Å². The lowest BCUT2D eigenvalue weighted by molar-refractivity contribution is -0.118. The Morgan fingerprint density at radius 2 is 2.05 bits per heavy atom. The van der Waals surface area contributed by atoms with E-state index < -0.39 is 10.0 Å². The van der Waals surface area contributed by atoms with Crippen molar-refractivity contribution in [3.63, 3.8) is 0 Å². The van der Waals surface area contributed by atoms with Crippen LogP contribution in [0.2, 0.25) is 0 Å². The van der Waals surface area contributed by atoms with Crippen LogP contribution in [0.1, 0.15) is 18.4 Å². The smallest absolute Gasteiger partial charge is 0.240 e. The molecule has 1 heterocycles. The lowest BCUT2D eigenvalue weighted by Gasteiger charge is -2.17. The first-order chi connectivity index (χ1) is 9.99. The molecule has 0 spiro atoms. The maximum absolute atomic E-state index is 12.2. The molecule has 0 saturated carbocycles. The summed E-state index contributed by atoms with van der Waals surface area (Å²) in [5.41, 5.74) is 1.74. The topological polar surface area (TPSA) is 78.5 Å². The molecular weight excluding hydrogens is 326 g/mol. The standard InChI is InChI=1S/C14H21N3O3S.ClH/c1-15-8-3-4-14(18)17-9-7-11-10-12(5-6-13(11)17)21(19,20)16-2;/h5-6,10,15-16H,3-4,7-9H2,1-2H3;1H. The highest BCUT2D eigenvalue weighted by atomic mass is 35.5. The Morgan fingerprint density at radius 3 is 2.68 bits per heavy atom. The molecule has 8 heteroatoms. The summed E-state index contributed by atoms with van der Waals surface area (Å²) in [5.74, 6) is 0.0909.